The van der Waals surface area contributed by atoms with Crippen LogP contribution in [0.1, 0.15) is 70.7 Å². The summed E-state index contributed by atoms with van der Waals surface area (Å²) >= 11 is 0. The van der Waals surface area contributed by atoms with E-state index in [-0.39, 0.29) is 48.4 Å². The molecule has 310 valence electrons. The lowest BCUT2D eigenvalue weighted by Gasteiger charge is -2.27. The van der Waals surface area contributed by atoms with Gasteiger partial charge in [0.2, 0.25) is 17.7 Å². The number of benzene rings is 2. The van der Waals surface area contributed by atoms with Crippen LogP contribution in [0.15, 0.2) is 54.7 Å². The Bertz CT molecular complexity index is 1910. The van der Waals surface area contributed by atoms with Crippen molar-refractivity contribution >= 4 is 35.6 Å². The second-order valence-electron chi connectivity index (χ2n) is 15.5. The first kappa shape index (κ1) is 40.7. The molecule has 4 aliphatic rings. The number of alkyl carbamates (subject to hydrolysis) is 2. The molecule has 0 bridgehead atoms. The normalized spacial score (nSPS) is 21.2. The Balaban J connectivity index is 0.873. The predicted molar refractivity (Wildman–Crippen MR) is 212 cm³/mol. The van der Waals surface area contributed by atoms with E-state index in [1.165, 1.54) is 0 Å². The fourth-order valence-electron chi connectivity index (χ4n) is 7.93. The topological polar surface area (TPSA) is 194 Å². The van der Waals surface area contributed by atoms with Crippen molar-refractivity contribution in [1.82, 2.24) is 30.4 Å². The van der Waals surface area contributed by atoms with E-state index in [9.17, 15) is 24.0 Å². The van der Waals surface area contributed by atoms with Crippen LogP contribution in [-0.4, -0.2) is 120 Å². The van der Waals surface area contributed by atoms with Crippen molar-refractivity contribution in [2.45, 2.75) is 89.1 Å². The van der Waals surface area contributed by atoms with Crippen LogP contribution >= 0.6 is 0 Å². The molecule has 3 aromatic rings. The number of hydrogen-bond donors (Lipinski definition) is 4. The number of amides is 5. The molecule has 5 heterocycles. The van der Waals surface area contributed by atoms with Crippen molar-refractivity contribution in [2.75, 3.05) is 51.4 Å². The molecule has 7 rings (SSSR count). The molecule has 4 aliphatic heterocycles. The maximum Gasteiger partial charge on any atom is 0.408 e. The molecule has 4 atom stereocenters. The van der Waals surface area contributed by atoms with E-state index in [2.05, 4.69) is 25.9 Å². The third kappa shape index (κ3) is 10.1. The first-order valence-electron chi connectivity index (χ1n) is 20.4. The zero-order valence-electron chi connectivity index (χ0n) is 33.1. The van der Waals surface area contributed by atoms with Gasteiger partial charge in [-0.1, -0.05) is 36.4 Å². The quantitative estimate of drug-likeness (QED) is 0.210. The van der Waals surface area contributed by atoms with Gasteiger partial charge in [0.25, 0.3) is 0 Å². The van der Waals surface area contributed by atoms with Crippen LogP contribution < -0.4 is 16.0 Å². The van der Waals surface area contributed by atoms with Gasteiger partial charge in [-0.3, -0.25) is 14.4 Å². The van der Waals surface area contributed by atoms with E-state index >= 15 is 0 Å². The molecule has 16 heteroatoms. The number of H-pyrrole nitrogens is 1. The van der Waals surface area contributed by atoms with Gasteiger partial charge in [-0.25, -0.2) is 14.6 Å². The largest absolute Gasteiger partial charge is 0.446 e. The lowest BCUT2D eigenvalue weighted by atomic mass is 10.0. The molecule has 2 aromatic carbocycles. The molecule has 5 amide bonds. The van der Waals surface area contributed by atoms with Crippen LogP contribution in [0.4, 0.5) is 15.3 Å². The number of hydrogen-bond acceptors (Lipinski definition) is 10. The van der Waals surface area contributed by atoms with Crippen molar-refractivity contribution in [1.29, 1.82) is 0 Å². The lowest BCUT2D eigenvalue weighted by molar-refractivity contribution is -0.134. The van der Waals surface area contributed by atoms with Crippen molar-refractivity contribution < 1.29 is 42.9 Å². The molecule has 4 fully saturated rings. The van der Waals surface area contributed by atoms with Crippen LogP contribution in [0.25, 0.3) is 22.4 Å². The van der Waals surface area contributed by atoms with E-state index < -0.39 is 24.3 Å². The SMILES string of the molecule is C[C@H](NC(=O)OC1CCOCC1)C(=O)N1CC[C@H](C(=O)Nc2ccc(-c3ccc(-c4cnc([C@@H]5CCCN5C(=O)[C@@H](C)NC(=O)OC5CCOCC5)[nH]4)cc3)cc2)C1. The Morgan fingerprint density at radius 2 is 1.28 bits per heavy atom. The summed E-state index contributed by atoms with van der Waals surface area (Å²) in [6, 6.07) is 13.9. The average molecular weight is 800 g/mol. The van der Waals surface area contributed by atoms with E-state index in [4.69, 9.17) is 18.9 Å². The number of rotatable bonds is 11. The van der Waals surface area contributed by atoms with Crippen molar-refractivity contribution in [3.05, 3.63) is 60.6 Å². The van der Waals surface area contributed by atoms with E-state index in [1.807, 2.05) is 48.5 Å². The van der Waals surface area contributed by atoms with Gasteiger partial charge in [-0.2, -0.15) is 0 Å². The number of carbonyl (C=O) groups excluding carboxylic acids is 5. The van der Waals surface area contributed by atoms with Gasteiger partial charge in [0.15, 0.2) is 0 Å². The highest BCUT2D eigenvalue weighted by Gasteiger charge is 2.36. The molecule has 4 N–H and O–H groups in total. The molecule has 0 spiro atoms. The Morgan fingerprint density at radius 1 is 0.724 bits per heavy atom. The first-order chi connectivity index (χ1) is 28.1. The number of nitrogens with one attached hydrogen (secondary N) is 4. The Kier molecular flexibility index (Phi) is 13.2. The summed E-state index contributed by atoms with van der Waals surface area (Å²) in [7, 11) is 0. The van der Waals surface area contributed by atoms with Crippen LogP contribution in [0.3, 0.4) is 0 Å². The highest BCUT2D eigenvalue weighted by atomic mass is 16.6. The summed E-state index contributed by atoms with van der Waals surface area (Å²) in [5.74, 6) is -0.252. The molecule has 0 unspecified atom stereocenters. The third-order valence-corrected chi connectivity index (χ3v) is 11.3. The molecule has 0 radical (unpaired) electrons. The summed E-state index contributed by atoms with van der Waals surface area (Å²) in [5.41, 5.74) is 4.40. The number of likely N-dealkylation sites (tertiary alicyclic amines) is 2. The summed E-state index contributed by atoms with van der Waals surface area (Å²) in [6.07, 6.45) is 4.83. The minimum absolute atomic E-state index is 0.159. The molecule has 0 saturated carbocycles. The third-order valence-electron chi connectivity index (χ3n) is 11.3. The first-order valence-corrected chi connectivity index (χ1v) is 20.4. The fraction of sp³-hybridized carbons (Fsp3) is 0.524. The number of aromatic amines is 1. The summed E-state index contributed by atoms with van der Waals surface area (Å²) in [5, 5.41) is 8.31. The highest BCUT2D eigenvalue weighted by molar-refractivity contribution is 5.94. The number of ether oxygens (including phenoxy) is 4. The molecule has 4 saturated heterocycles. The zero-order valence-corrected chi connectivity index (χ0v) is 33.1. The Morgan fingerprint density at radius 3 is 1.88 bits per heavy atom. The maximum absolute atomic E-state index is 13.4. The average Bonchev–Trinajstić information content (AvgIpc) is 4.03. The summed E-state index contributed by atoms with van der Waals surface area (Å²) in [6.45, 7) is 6.79. The molecule has 1 aromatic heterocycles. The maximum atomic E-state index is 13.4. The van der Waals surface area contributed by atoms with Gasteiger partial charge < -0.3 is 49.7 Å². The fourth-order valence-corrected chi connectivity index (χ4v) is 7.93. The van der Waals surface area contributed by atoms with Gasteiger partial charge in [-0.15, -0.1) is 0 Å². The molecule has 16 nitrogen and oxygen atoms in total. The molecule has 58 heavy (non-hydrogen) atoms. The van der Waals surface area contributed by atoms with Gasteiger partial charge in [0.1, 0.15) is 30.1 Å². The van der Waals surface area contributed by atoms with Gasteiger partial charge in [0, 0.05) is 51.0 Å². The van der Waals surface area contributed by atoms with Crippen molar-refractivity contribution in [3.63, 3.8) is 0 Å². The standard InChI is InChI=1S/C42H53N7O9/c1-26(44-41(53)57-33-14-20-55-21-15-33)39(51)48-19-13-31(25-48)38(50)46-32-11-9-29(10-12-32)28-5-7-30(8-6-28)35-24-43-37(47-35)36-4-3-18-49(36)40(52)27(2)45-42(54)58-34-16-22-56-23-17-34/h5-12,24,26-27,31,33-34,36H,3-4,13-23,25H2,1-2H3,(H,43,47)(H,44,53)(H,45,54)(H,46,50)/t26-,27+,31-,36-/m0/s1. The molecule has 0 aliphatic carbocycles. The highest BCUT2D eigenvalue weighted by Crippen LogP contribution is 2.33. The van der Waals surface area contributed by atoms with E-state index in [0.717, 1.165) is 35.2 Å². The van der Waals surface area contributed by atoms with Crippen LogP contribution in [0.2, 0.25) is 0 Å². The van der Waals surface area contributed by atoms with Crippen LogP contribution in [0, 0.1) is 5.92 Å². The number of imidazole rings is 1. The molecular formula is C42H53N7O9. The number of nitrogens with zero attached hydrogens (tertiary/aromatic N) is 3. The second-order valence-corrected chi connectivity index (χ2v) is 15.5. The predicted octanol–water partition coefficient (Wildman–Crippen LogP) is 4.78. The zero-order chi connectivity index (χ0) is 40.6. The Labute approximate surface area is 337 Å². The number of anilines is 1. The lowest BCUT2D eigenvalue weighted by Crippen LogP contribution is -2.47. The Hall–Kier alpha value is -5.48. The van der Waals surface area contributed by atoms with Gasteiger partial charge in [0.05, 0.1) is 50.3 Å². The number of aromatic nitrogens is 2. The van der Waals surface area contributed by atoms with Crippen molar-refractivity contribution in [2.24, 2.45) is 5.92 Å². The summed E-state index contributed by atoms with van der Waals surface area (Å²) < 4.78 is 21.5. The minimum atomic E-state index is -0.770. The van der Waals surface area contributed by atoms with E-state index in [0.29, 0.717) is 83.1 Å². The summed E-state index contributed by atoms with van der Waals surface area (Å²) in [4.78, 5) is 75.8. The van der Waals surface area contributed by atoms with Gasteiger partial charge >= 0.3 is 12.2 Å². The van der Waals surface area contributed by atoms with E-state index in [1.54, 1.807) is 29.8 Å². The molecular weight excluding hydrogens is 747 g/mol. The minimum Gasteiger partial charge on any atom is -0.446 e. The van der Waals surface area contributed by atoms with Crippen LogP contribution in [-0.2, 0) is 33.3 Å². The van der Waals surface area contributed by atoms with Crippen LogP contribution in [0.5, 0.6) is 0 Å². The van der Waals surface area contributed by atoms with Crippen molar-refractivity contribution in [3.8, 4) is 22.4 Å². The monoisotopic (exact) mass is 799 g/mol. The number of carbonyl (C=O) groups is 5. The van der Waals surface area contributed by atoms with Gasteiger partial charge in [-0.05, 0) is 61.9 Å². The second kappa shape index (κ2) is 18.9. The smallest absolute Gasteiger partial charge is 0.408 e.